The standard InChI is InChI=1S/C9H10N4/c1-7-3-2-4-13-8(6-12-10)5-11-9(7)13/h2-6H,10H2,1H3/b12-6+. The molecule has 2 heterocycles. The zero-order chi connectivity index (χ0) is 9.26. The molecule has 0 spiro atoms. The lowest BCUT2D eigenvalue weighted by Crippen LogP contribution is -1.93. The largest absolute Gasteiger partial charge is 0.323 e. The molecule has 2 rings (SSSR count). The van der Waals surface area contributed by atoms with Crippen molar-refractivity contribution in [1.82, 2.24) is 9.38 Å². The summed E-state index contributed by atoms with van der Waals surface area (Å²) in [7, 11) is 0. The Hall–Kier alpha value is -1.84. The van der Waals surface area contributed by atoms with Crippen molar-refractivity contribution >= 4 is 11.9 Å². The van der Waals surface area contributed by atoms with Gasteiger partial charge in [0.05, 0.1) is 18.1 Å². The molecule has 0 unspecified atom stereocenters. The molecule has 0 atom stereocenters. The van der Waals surface area contributed by atoms with E-state index in [9.17, 15) is 0 Å². The van der Waals surface area contributed by atoms with Crippen LogP contribution >= 0.6 is 0 Å². The van der Waals surface area contributed by atoms with Gasteiger partial charge in [-0.25, -0.2) is 4.98 Å². The van der Waals surface area contributed by atoms with Crippen molar-refractivity contribution < 1.29 is 0 Å². The van der Waals surface area contributed by atoms with Crippen LogP contribution in [-0.2, 0) is 0 Å². The number of aromatic nitrogens is 2. The highest BCUT2D eigenvalue weighted by Crippen LogP contribution is 2.09. The third-order valence-corrected chi connectivity index (χ3v) is 1.97. The maximum Gasteiger partial charge on any atom is 0.140 e. The summed E-state index contributed by atoms with van der Waals surface area (Å²) in [5.41, 5.74) is 2.97. The number of nitrogens with zero attached hydrogens (tertiary/aromatic N) is 3. The van der Waals surface area contributed by atoms with Crippen LogP contribution in [0.5, 0.6) is 0 Å². The van der Waals surface area contributed by atoms with E-state index < -0.39 is 0 Å². The summed E-state index contributed by atoms with van der Waals surface area (Å²) in [5, 5.41) is 3.47. The third kappa shape index (κ3) is 1.16. The second-order valence-electron chi connectivity index (χ2n) is 2.85. The van der Waals surface area contributed by atoms with Crippen LogP contribution in [0.3, 0.4) is 0 Å². The van der Waals surface area contributed by atoms with E-state index >= 15 is 0 Å². The Bertz CT molecular complexity index is 456. The van der Waals surface area contributed by atoms with Gasteiger partial charge < -0.3 is 5.84 Å². The SMILES string of the molecule is Cc1cccn2c(/C=N/N)cnc12. The number of hydrogen-bond donors (Lipinski definition) is 1. The predicted molar refractivity (Wildman–Crippen MR) is 51.7 cm³/mol. The highest BCUT2D eigenvalue weighted by Gasteiger charge is 2.01. The molecule has 0 radical (unpaired) electrons. The van der Waals surface area contributed by atoms with Crippen molar-refractivity contribution in [3.05, 3.63) is 35.8 Å². The lowest BCUT2D eigenvalue weighted by molar-refractivity contribution is 1.14. The van der Waals surface area contributed by atoms with E-state index in [-0.39, 0.29) is 0 Å². The van der Waals surface area contributed by atoms with Crippen LogP contribution in [-0.4, -0.2) is 15.6 Å². The number of rotatable bonds is 1. The van der Waals surface area contributed by atoms with Gasteiger partial charge in [-0.1, -0.05) is 6.07 Å². The summed E-state index contributed by atoms with van der Waals surface area (Å²) in [6.07, 6.45) is 5.27. The van der Waals surface area contributed by atoms with Gasteiger partial charge in [-0.15, -0.1) is 0 Å². The monoisotopic (exact) mass is 174 g/mol. The predicted octanol–water partition coefficient (Wildman–Crippen LogP) is 0.935. The molecule has 0 saturated heterocycles. The second-order valence-corrected chi connectivity index (χ2v) is 2.85. The molecule has 0 aliphatic rings. The number of hydrogen-bond acceptors (Lipinski definition) is 3. The number of pyridine rings is 1. The van der Waals surface area contributed by atoms with Crippen molar-refractivity contribution in [2.24, 2.45) is 10.9 Å². The average Bonchev–Trinajstić information content (AvgIpc) is 2.51. The summed E-state index contributed by atoms with van der Waals surface area (Å²) in [4.78, 5) is 4.25. The van der Waals surface area contributed by atoms with Crippen molar-refractivity contribution in [3.8, 4) is 0 Å². The summed E-state index contributed by atoms with van der Waals surface area (Å²) < 4.78 is 1.95. The van der Waals surface area contributed by atoms with Crippen LogP contribution in [0.4, 0.5) is 0 Å². The normalized spacial score (nSPS) is 11.5. The van der Waals surface area contributed by atoms with Gasteiger partial charge in [-0.2, -0.15) is 5.10 Å². The number of hydrazone groups is 1. The fourth-order valence-corrected chi connectivity index (χ4v) is 1.34. The Morgan fingerprint density at radius 3 is 3.23 bits per heavy atom. The molecular weight excluding hydrogens is 164 g/mol. The molecular formula is C9H10N4. The summed E-state index contributed by atoms with van der Waals surface area (Å²) >= 11 is 0. The third-order valence-electron chi connectivity index (χ3n) is 1.97. The van der Waals surface area contributed by atoms with Gasteiger partial charge in [0, 0.05) is 6.20 Å². The van der Waals surface area contributed by atoms with Crippen molar-refractivity contribution in [2.45, 2.75) is 6.92 Å². The van der Waals surface area contributed by atoms with Crippen LogP contribution in [0.1, 0.15) is 11.3 Å². The van der Waals surface area contributed by atoms with Gasteiger partial charge in [0.1, 0.15) is 5.65 Å². The number of nitrogens with two attached hydrogens (primary N) is 1. The van der Waals surface area contributed by atoms with Gasteiger partial charge in [-0.3, -0.25) is 4.40 Å². The van der Waals surface area contributed by atoms with Gasteiger partial charge >= 0.3 is 0 Å². The molecule has 0 bridgehead atoms. The van der Waals surface area contributed by atoms with Crippen LogP contribution < -0.4 is 5.84 Å². The molecule has 0 aliphatic heterocycles. The second kappa shape index (κ2) is 2.90. The maximum absolute atomic E-state index is 5.08. The molecule has 4 heteroatoms. The van der Waals surface area contributed by atoms with E-state index in [1.165, 1.54) is 0 Å². The zero-order valence-electron chi connectivity index (χ0n) is 7.31. The van der Waals surface area contributed by atoms with E-state index in [4.69, 9.17) is 5.84 Å². The minimum atomic E-state index is 0.890. The fraction of sp³-hybridized carbons (Fsp3) is 0.111. The molecule has 66 valence electrons. The molecule has 4 nitrogen and oxygen atoms in total. The maximum atomic E-state index is 5.08. The smallest absolute Gasteiger partial charge is 0.140 e. The first-order valence-electron chi connectivity index (χ1n) is 3.99. The molecule has 0 saturated carbocycles. The molecule has 2 aromatic rings. The first kappa shape index (κ1) is 7.79. The molecule has 0 amide bonds. The molecule has 0 aliphatic carbocycles. The minimum Gasteiger partial charge on any atom is -0.323 e. The van der Waals surface area contributed by atoms with E-state index in [2.05, 4.69) is 10.1 Å². The fourth-order valence-electron chi connectivity index (χ4n) is 1.34. The van der Waals surface area contributed by atoms with E-state index in [1.807, 2.05) is 29.7 Å². The Kier molecular flexibility index (Phi) is 1.73. The van der Waals surface area contributed by atoms with Crippen LogP contribution in [0, 0.1) is 6.92 Å². The Balaban J connectivity index is 2.75. The van der Waals surface area contributed by atoms with Crippen LogP contribution in [0.2, 0.25) is 0 Å². The summed E-state index contributed by atoms with van der Waals surface area (Å²) in [6.45, 7) is 2.02. The van der Waals surface area contributed by atoms with E-state index in [1.54, 1.807) is 12.4 Å². The molecule has 2 N–H and O–H groups in total. The zero-order valence-corrected chi connectivity index (χ0v) is 7.31. The molecule has 13 heavy (non-hydrogen) atoms. The first-order chi connectivity index (χ1) is 6.33. The topological polar surface area (TPSA) is 55.7 Å². The minimum absolute atomic E-state index is 0.890. The van der Waals surface area contributed by atoms with E-state index in [0.717, 1.165) is 16.9 Å². The van der Waals surface area contributed by atoms with Crippen molar-refractivity contribution in [2.75, 3.05) is 0 Å². The Morgan fingerprint density at radius 1 is 1.62 bits per heavy atom. The highest BCUT2D eigenvalue weighted by atomic mass is 15.1. The quantitative estimate of drug-likeness (QED) is 0.397. The Labute approximate surface area is 75.7 Å². The highest BCUT2D eigenvalue weighted by molar-refractivity contribution is 5.78. The number of fused-ring (bicyclic) bond motifs is 1. The van der Waals surface area contributed by atoms with Crippen molar-refractivity contribution in [1.29, 1.82) is 0 Å². The van der Waals surface area contributed by atoms with Gasteiger partial charge in [0.25, 0.3) is 0 Å². The first-order valence-corrected chi connectivity index (χ1v) is 3.99. The average molecular weight is 174 g/mol. The summed E-state index contributed by atoms with van der Waals surface area (Å²) in [6, 6.07) is 3.99. The van der Waals surface area contributed by atoms with Gasteiger partial charge in [0.2, 0.25) is 0 Å². The van der Waals surface area contributed by atoms with Gasteiger partial charge in [-0.05, 0) is 18.6 Å². The Morgan fingerprint density at radius 2 is 2.46 bits per heavy atom. The molecule has 0 fully saturated rings. The lowest BCUT2D eigenvalue weighted by Gasteiger charge is -1.97. The molecule has 0 aromatic carbocycles. The summed E-state index contributed by atoms with van der Waals surface area (Å²) in [5.74, 6) is 5.08. The van der Waals surface area contributed by atoms with Crippen molar-refractivity contribution in [3.63, 3.8) is 0 Å². The number of aryl methyl sites for hydroxylation is 1. The number of imidazole rings is 1. The van der Waals surface area contributed by atoms with Crippen LogP contribution in [0.25, 0.3) is 5.65 Å². The van der Waals surface area contributed by atoms with Gasteiger partial charge in [0.15, 0.2) is 0 Å². The molecule has 2 aromatic heterocycles. The van der Waals surface area contributed by atoms with E-state index in [0.29, 0.717) is 0 Å². The van der Waals surface area contributed by atoms with Crippen LogP contribution in [0.15, 0.2) is 29.6 Å². The lowest BCUT2D eigenvalue weighted by atomic mass is 10.3.